The van der Waals surface area contributed by atoms with Gasteiger partial charge in [0.1, 0.15) is 5.75 Å². The normalized spacial score (nSPS) is 12.3. The Morgan fingerprint density at radius 3 is 2.38 bits per heavy atom. The Morgan fingerprint density at radius 1 is 1.07 bits per heavy atom. The van der Waals surface area contributed by atoms with Crippen molar-refractivity contribution in [1.29, 1.82) is 0 Å². The minimum Gasteiger partial charge on any atom is -0.493 e. The van der Waals surface area contributed by atoms with Gasteiger partial charge in [-0.05, 0) is 42.2 Å². The summed E-state index contributed by atoms with van der Waals surface area (Å²) in [4.78, 5) is 14.4. The summed E-state index contributed by atoms with van der Waals surface area (Å²) in [6, 6.07) is 15.6. The number of carbonyl (C=O) groups is 1. The van der Waals surface area contributed by atoms with Crippen LogP contribution in [0.3, 0.4) is 0 Å². The highest BCUT2D eigenvalue weighted by molar-refractivity contribution is 7.85. The number of benzene rings is 2. The summed E-state index contributed by atoms with van der Waals surface area (Å²) < 4.78 is 22.6. The largest absolute Gasteiger partial charge is 0.493 e. The maximum Gasteiger partial charge on any atom is 0.239 e. The fourth-order valence-corrected chi connectivity index (χ4v) is 3.52. The van der Waals surface area contributed by atoms with Gasteiger partial charge in [-0.3, -0.25) is 9.00 Å². The first kappa shape index (κ1) is 22.7. The minimum atomic E-state index is -1.15. The third-order valence-electron chi connectivity index (χ3n) is 4.59. The van der Waals surface area contributed by atoms with Crippen LogP contribution in [0, 0.1) is 0 Å². The van der Waals surface area contributed by atoms with Crippen LogP contribution in [0.2, 0.25) is 0 Å². The Bertz CT molecular complexity index is 864. The first-order valence-corrected chi connectivity index (χ1v) is 11.1. The molecule has 5 nitrogen and oxygen atoms in total. The SMILES string of the molecule is CCS(=O)CC(=O)N(/C=C(\C)c1ccccc1)CCc1ccc(OC)c(OC)c1. The molecule has 2 rings (SSSR count). The summed E-state index contributed by atoms with van der Waals surface area (Å²) in [5, 5.41) is 0. The number of ether oxygens (including phenoxy) is 2. The highest BCUT2D eigenvalue weighted by atomic mass is 32.2. The van der Waals surface area contributed by atoms with E-state index in [1.54, 1.807) is 19.1 Å². The van der Waals surface area contributed by atoms with E-state index in [2.05, 4.69) is 0 Å². The molecule has 0 bridgehead atoms. The molecule has 0 aliphatic carbocycles. The summed E-state index contributed by atoms with van der Waals surface area (Å²) in [7, 11) is 2.05. The smallest absolute Gasteiger partial charge is 0.239 e. The van der Waals surface area contributed by atoms with Crippen molar-refractivity contribution in [2.45, 2.75) is 20.3 Å². The molecular weight excluding hydrogens is 386 g/mol. The van der Waals surface area contributed by atoms with E-state index in [1.165, 1.54) is 0 Å². The Morgan fingerprint density at radius 2 is 1.76 bits per heavy atom. The number of hydrogen-bond donors (Lipinski definition) is 0. The van der Waals surface area contributed by atoms with Crippen molar-refractivity contribution in [1.82, 2.24) is 4.90 Å². The summed E-state index contributed by atoms with van der Waals surface area (Å²) >= 11 is 0. The average Bonchev–Trinajstić information content (AvgIpc) is 2.76. The van der Waals surface area contributed by atoms with Gasteiger partial charge in [-0.2, -0.15) is 0 Å². The van der Waals surface area contributed by atoms with E-state index < -0.39 is 10.8 Å². The first-order chi connectivity index (χ1) is 14.0. The van der Waals surface area contributed by atoms with Crippen LogP contribution in [0.4, 0.5) is 0 Å². The second kappa shape index (κ2) is 11.4. The first-order valence-electron chi connectivity index (χ1n) is 9.57. The zero-order chi connectivity index (χ0) is 21.2. The third kappa shape index (κ3) is 6.75. The second-order valence-electron chi connectivity index (χ2n) is 6.58. The highest BCUT2D eigenvalue weighted by Crippen LogP contribution is 2.27. The molecule has 2 aromatic carbocycles. The number of carbonyl (C=O) groups excluding carboxylic acids is 1. The van der Waals surface area contributed by atoms with Gasteiger partial charge < -0.3 is 14.4 Å². The van der Waals surface area contributed by atoms with Gasteiger partial charge in [0.25, 0.3) is 0 Å². The molecule has 0 saturated carbocycles. The van der Waals surface area contributed by atoms with Crippen molar-refractivity contribution in [2.24, 2.45) is 0 Å². The van der Waals surface area contributed by atoms with Crippen LogP contribution >= 0.6 is 0 Å². The van der Waals surface area contributed by atoms with E-state index in [0.717, 1.165) is 16.7 Å². The maximum absolute atomic E-state index is 12.8. The molecular formula is C23H29NO4S. The second-order valence-corrected chi connectivity index (χ2v) is 8.32. The zero-order valence-electron chi connectivity index (χ0n) is 17.5. The zero-order valence-corrected chi connectivity index (χ0v) is 18.3. The van der Waals surface area contributed by atoms with Gasteiger partial charge in [-0.15, -0.1) is 0 Å². The van der Waals surface area contributed by atoms with Crippen LogP contribution in [0.25, 0.3) is 5.57 Å². The molecule has 156 valence electrons. The molecule has 0 N–H and O–H groups in total. The van der Waals surface area contributed by atoms with Crippen molar-refractivity contribution in [3.05, 3.63) is 65.9 Å². The molecule has 0 aliphatic heterocycles. The Hall–Kier alpha value is -2.60. The molecule has 0 radical (unpaired) electrons. The molecule has 1 amide bonds. The van der Waals surface area contributed by atoms with E-state index in [4.69, 9.17) is 9.47 Å². The maximum atomic E-state index is 12.8. The predicted octanol–water partition coefficient (Wildman–Crippen LogP) is 3.90. The monoisotopic (exact) mass is 415 g/mol. The van der Waals surface area contributed by atoms with Gasteiger partial charge in [0, 0.05) is 29.3 Å². The van der Waals surface area contributed by atoms with Gasteiger partial charge in [0.2, 0.25) is 5.91 Å². The van der Waals surface area contributed by atoms with Gasteiger partial charge in [-0.1, -0.05) is 43.3 Å². The van der Waals surface area contributed by atoms with Crippen LogP contribution in [-0.4, -0.2) is 47.3 Å². The van der Waals surface area contributed by atoms with Gasteiger partial charge in [0.05, 0.1) is 14.2 Å². The third-order valence-corrected chi connectivity index (χ3v) is 5.81. The van der Waals surface area contributed by atoms with Crippen LogP contribution in [0.15, 0.2) is 54.7 Å². The van der Waals surface area contributed by atoms with Gasteiger partial charge in [0.15, 0.2) is 11.5 Å². The summed E-state index contributed by atoms with van der Waals surface area (Å²) in [6.07, 6.45) is 2.49. The minimum absolute atomic E-state index is 0.0288. The number of amides is 1. The molecule has 2 aromatic rings. The highest BCUT2D eigenvalue weighted by Gasteiger charge is 2.15. The lowest BCUT2D eigenvalue weighted by Crippen LogP contribution is -2.32. The molecule has 6 heteroatoms. The molecule has 1 unspecified atom stereocenters. The van der Waals surface area contributed by atoms with Crippen molar-refractivity contribution >= 4 is 22.3 Å². The molecule has 0 aliphatic rings. The van der Waals surface area contributed by atoms with Crippen LogP contribution in [0.1, 0.15) is 25.0 Å². The molecule has 0 fully saturated rings. The number of nitrogens with zero attached hydrogens (tertiary/aromatic N) is 1. The van der Waals surface area contributed by atoms with Crippen LogP contribution < -0.4 is 9.47 Å². The summed E-state index contributed by atoms with van der Waals surface area (Å²) in [5.41, 5.74) is 3.06. The van der Waals surface area contributed by atoms with Crippen molar-refractivity contribution in [3.63, 3.8) is 0 Å². The Balaban J connectivity index is 2.21. The molecule has 0 heterocycles. The van der Waals surface area contributed by atoms with Crippen LogP contribution in [-0.2, 0) is 22.0 Å². The van der Waals surface area contributed by atoms with Crippen molar-refractivity contribution < 1.29 is 18.5 Å². The number of methoxy groups -OCH3 is 2. The molecule has 0 saturated heterocycles. The number of allylic oxidation sites excluding steroid dienone is 1. The van der Waals surface area contributed by atoms with E-state index >= 15 is 0 Å². The number of hydrogen-bond acceptors (Lipinski definition) is 4. The predicted molar refractivity (Wildman–Crippen MR) is 119 cm³/mol. The Kier molecular flexibility index (Phi) is 8.93. The molecule has 29 heavy (non-hydrogen) atoms. The van der Waals surface area contributed by atoms with E-state index in [9.17, 15) is 9.00 Å². The van der Waals surface area contributed by atoms with Crippen molar-refractivity contribution in [3.8, 4) is 11.5 Å². The average molecular weight is 416 g/mol. The Labute approximate surface area is 175 Å². The number of rotatable bonds is 10. The fourth-order valence-electron chi connectivity index (χ4n) is 2.88. The fraction of sp³-hybridized carbons (Fsp3) is 0.348. The lowest BCUT2D eigenvalue weighted by molar-refractivity contribution is -0.125. The summed E-state index contributed by atoms with van der Waals surface area (Å²) in [6.45, 7) is 4.28. The van der Waals surface area contributed by atoms with E-state index in [1.807, 2.05) is 68.6 Å². The molecule has 1 atom stereocenters. The van der Waals surface area contributed by atoms with Crippen LogP contribution in [0.5, 0.6) is 11.5 Å². The standard InChI is InChI=1S/C23H29NO4S/c1-5-29(26)17-23(25)24(16-18(2)20-9-7-6-8-10-20)14-13-19-11-12-21(27-3)22(15-19)28-4/h6-12,15-16H,5,13-14,17H2,1-4H3/b18-16+. The molecule has 0 aromatic heterocycles. The van der Waals surface area contributed by atoms with E-state index in [0.29, 0.717) is 30.2 Å². The van der Waals surface area contributed by atoms with E-state index in [-0.39, 0.29) is 11.7 Å². The van der Waals surface area contributed by atoms with Crippen molar-refractivity contribution in [2.75, 3.05) is 32.3 Å². The summed E-state index contributed by atoms with van der Waals surface area (Å²) in [5.74, 6) is 1.69. The lowest BCUT2D eigenvalue weighted by atomic mass is 10.1. The topological polar surface area (TPSA) is 55.8 Å². The lowest BCUT2D eigenvalue weighted by Gasteiger charge is -2.20. The van der Waals surface area contributed by atoms with Gasteiger partial charge in [-0.25, -0.2) is 0 Å². The van der Waals surface area contributed by atoms with Gasteiger partial charge >= 0.3 is 0 Å². The molecule has 0 spiro atoms. The quantitative estimate of drug-likeness (QED) is 0.590.